The molecular weight excluding hydrogens is 240 g/mol. The highest BCUT2D eigenvalue weighted by Gasteiger charge is 2.23. The molecule has 94 valence electrons. The van der Waals surface area contributed by atoms with E-state index in [-0.39, 0.29) is 0 Å². The second-order valence-electron chi connectivity index (χ2n) is 4.86. The van der Waals surface area contributed by atoms with Gasteiger partial charge in [-0.05, 0) is 36.3 Å². The Morgan fingerprint density at radius 3 is 3.06 bits per heavy atom. The quantitative estimate of drug-likeness (QED) is 0.853. The second-order valence-corrected chi connectivity index (χ2v) is 5.89. The predicted octanol–water partition coefficient (Wildman–Crippen LogP) is 4.51. The van der Waals surface area contributed by atoms with Crippen molar-refractivity contribution in [2.45, 2.75) is 32.1 Å². The lowest BCUT2D eigenvalue weighted by atomic mass is 10.1. The molecule has 2 nitrogen and oxygen atoms in total. The van der Waals surface area contributed by atoms with Crippen LogP contribution < -0.4 is 5.32 Å². The summed E-state index contributed by atoms with van der Waals surface area (Å²) >= 11 is 1.74. The van der Waals surface area contributed by atoms with Crippen LogP contribution in [0, 0.1) is 0 Å². The zero-order valence-corrected chi connectivity index (χ0v) is 11.5. The fourth-order valence-corrected chi connectivity index (χ4v) is 2.92. The van der Waals surface area contributed by atoms with Gasteiger partial charge in [-0.25, -0.2) is 4.98 Å². The average molecular weight is 258 g/mol. The second kappa shape index (κ2) is 5.11. The molecule has 1 aliphatic rings. The SMILES string of the molecule is CCCNc1ncc(-c2cccc(C3CC3)c2)s1. The van der Waals surface area contributed by atoms with Crippen molar-refractivity contribution in [1.82, 2.24) is 4.98 Å². The van der Waals surface area contributed by atoms with E-state index in [1.54, 1.807) is 11.3 Å². The van der Waals surface area contributed by atoms with Gasteiger partial charge in [-0.15, -0.1) is 0 Å². The summed E-state index contributed by atoms with van der Waals surface area (Å²) in [4.78, 5) is 5.69. The van der Waals surface area contributed by atoms with Gasteiger partial charge in [-0.3, -0.25) is 0 Å². The zero-order chi connectivity index (χ0) is 12.4. The van der Waals surface area contributed by atoms with Gasteiger partial charge < -0.3 is 5.32 Å². The van der Waals surface area contributed by atoms with Gasteiger partial charge in [0.1, 0.15) is 0 Å². The van der Waals surface area contributed by atoms with Crippen molar-refractivity contribution in [3.63, 3.8) is 0 Å². The molecule has 1 saturated carbocycles. The van der Waals surface area contributed by atoms with E-state index in [0.717, 1.165) is 24.0 Å². The first-order valence-corrected chi connectivity index (χ1v) is 7.48. The first kappa shape index (κ1) is 11.7. The summed E-state index contributed by atoms with van der Waals surface area (Å²) in [5.74, 6) is 0.815. The lowest BCUT2D eigenvalue weighted by molar-refractivity contribution is 0.976. The molecule has 1 aliphatic carbocycles. The fraction of sp³-hybridized carbons (Fsp3) is 0.400. The Hall–Kier alpha value is -1.35. The molecule has 0 saturated heterocycles. The van der Waals surface area contributed by atoms with E-state index in [2.05, 4.69) is 41.5 Å². The lowest BCUT2D eigenvalue weighted by Crippen LogP contribution is -1.97. The molecule has 2 aromatic rings. The first-order valence-electron chi connectivity index (χ1n) is 6.67. The Kier molecular flexibility index (Phi) is 3.33. The van der Waals surface area contributed by atoms with E-state index in [0.29, 0.717) is 0 Å². The topological polar surface area (TPSA) is 24.9 Å². The van der Waals surface area contributed by atoms with Gasteiger partial charge in [0, 0.05) is 12.7 Å². The highest BCUT2D eigenvalue weighted by atomic mass is 32.1. The number of nitrogens with one attached hydrogen (secondary N) is 1. The molecule has 1 heterocycles. The number of aromatic nitrogens is 1. The number of rotatable bonds is 5. The molecule has 1 aromatic carbocycles. The van der Waals surface area contributed by atoms with E-state index < -0.39 is 0 Å². The molecule has 3 rings (SSSR count). The van der Waals surface area contributed by atoms with Crippen LogP contribution in [0.2, 0.25) is 0 Å². The molecule has 0 unspecified atom stereocenters. The maximum absolute atomic E-state index is 4.43. The van der Waals surface area contributed by atoms with E-state index >= 15 is 0 Å². The Bertz CT molecular complexity index is 529. The monoisotopic (exact) mass is 258 g/mol. The number of hydrogen-bond donors (Lipinski definition) is 1. The molecule has 0 bridgehead atoms. The van der Waals surface area contributed by atoms with Gasteiger partial charge >= 0.3 is 0 Å². The molecule has 0 spiro atoms. The standard InChI is InChI=1S/C15H18N2S/c1-2-8-16-15-17-10-14(18-15)13-5-3-4-12(9-13)11-6-7-11/h3-5,9-11H,2,6-8H2,1H3,(H,16,17). The van der Waals surface area contributed by atoms with Crippen molar-refractivity contribution in [3.05, 3.63) is 36.0 Å². The molecule has 1 aromatic heterocycles. The van der Waals surface area contributed by atoms with Crippen molar-refractivity contribution in [2.24, 2.45) is 0 Å². The molecular formula is C15H18N2S. The fourth-order valence-electron chi connectivity index (χ4n) is 2.08. The van der Waals surface area contributed by atoms with Crippen LogP contribution in [0.1, 0.15) is 37.7 Å². The van der Waals surface area contributed by atoms with Crippen molar-refractivity contribution < 1.29 is 0 Å². The summed E-state index contributed by atoms with van der Waals surface area (Å²) < 4.78 is 0. The van der Waals surface area contributed by atoms with E-state index in [1.165, 1.54) is 28.8 Å². The smallest absolute Gasteiger partial charge is 0.183 e. The van der Waals surface area contributed by atoms with Crippen LogP contribution in [-0.2, 0) is 0 Å². The van der Waals surface area contributed by atoms with E-state index in [9.17, 15) is 0 Å². The van der Waals surface area contributed by atoms with Crippen LogP contribution in [-0.4, -0.2) is 11.5 Å². The third-order valence-corrected chi connectivity index (χ3v) is 4.26. The number of nitrogens with zero attached hydrogens (tertiary/aromatic N) is 1. The number of hydrogen-bond acceptors (Lipinski definition) is 3. The first-order chi connectivity index (χ1) is 8.86. The number of thiazole rings is 1. The third kappa shape index (κ3) is 2.56. The minimum atomic E-state index is 0.815. The van der Waals surface area contributed by atoms with Gasteiger partial charge in [-0.1, -0.05) is 42.5 Å². The summed E-state index contributed by atoms with van der Waals surface area (Å²) in [6, 6.07) is 8.93. The van der Waals surface area contributed by atoms with Gasteiger partial charge in [0.2, 0.25) is 0 Å². The van der Waals surface area contributed by atoms with Crippen LogP contribution in [0.15, 0.2) is 30.5 Å². The summed E-state index contributed by atoms with van der Waals surface area (Å²) in [5.41, 5.74) is 2.80. The Morgan fingerprint density at radius 1 is 1.39 bits per heavy atom. The Labute approximate surface area is 112 Å². The zero-order valence-electron chi connectivity index (χ0n) is 10.6. The highest BCUT2D eigenvalue weighted by molar-refractivity contribution is 7.18. The summed E-state index contributed by atoms with van der Waals surface area (Å²) in [6.45, 7) is 3.16. The Morgan fingerprint density at radius 2 is 2.28 bits per heavy atom. The van der Waals surface area contributed by atoms with Crippen LogP contribution >= 0.6 is 11.3 Å². The molecule has 0 aliphatic heterocycles. The minimum Gasteiger partial charge on any atom is -0.362 e. The van der Waals surface area contributed by atoms with Gasteiger partial charge in [0.05, 0.1) is 4.88 Å². The van der Waals surface area contributed by atoms with Crippen LogP contribution in [0.4, 0.5) is 5.13 Å². The van der Waals surface area contributed by atoms with Crippen molar-refractivity contribution in [2.75, 3.05) is 11.9 Å². The largest absolute Gasteiger partial charge is 0.362 e. The average Bonchev–Trinajstić information content (AvgIpc) is 3.16. The van der Waals surface area contributed by atoms with Crippen molar-refractivity contribution in [1.29, 1.82) is 0 Å². The maximum Gasteiger partial charge on any atom is 0.183 e. The predicted molar refractivity (Wildman–Crippen MR) is 78.3 cm³/mol. The lowest BCUT2D eigenvalue weighted by Gasteiger charge is -2.01. The van der Waals surface area contributed by atoms with Crippen LogP contribution in [0.5, 0.6) is 0 Å². The van der Waals surface area contributed by atoms with Gasteiger partial charge in [-0.2, -0.15) is 0 Å². The molecule has 1 fully saturated rings. The highest BCUT2D eigenvalue weighted by Crippen LogP contribution is 2.41. The van der Waals surface area contributed by atoms with Crippen molar-refractivity contribution in [3.8, 4) is 10.4 Å². The molecule has 18 heavy (non-hydrogen) atoms. The van der Waals surface area contributed by atoms with E-state index in [1.807, 2.05) is 6.20 Å². The molecule has 1 N–H and O–H groups in total. The summed E-state index contributed by atoms with van der Waals surface area (Å²) in [5, 5.41) is 4.37. The van der Waals surface area contributed by atoms with E-state index in [4.69, 9.17) is 0 Å². The number of benzene rings is 1. The summed E-state index contributed by atoms with van der Waals surface area (Å²) in [7, 11) is 0. The molecule has 0 amide bonds. The minimum absolute atomic E-state index is 0.815. The van der Waals surface area contributed by atoms with Crippen LogP contribution in [0.25, 0.3) is 10.4 Å². The molecule has 0 atom stereocenters. The van der Waals surface area contributed by atoms with Crippen LogP contribution in [0.3, 0.4) is 0 Å². The maximum atomic E-state index is 4.43. The normalized spacial score (nSPS) is 14.7. The van der Waals surface area contributed by atoms with Gasteiger partial charge in [0.15, 0.2) is 5.13 Å². The number of anilines is 1. The summed E-state index contributed by atoms with van der Waals surface area (Å²) in [6.07, 6.45) is 5.83. The van der Waals surface area contributed by atoms with Crippen molar-refractivity contribution >= 4 is 16.5 Å². The Balaban J connectivity index is 1.80. The third-order valence-electron chi connectivity index (χ3n) is 3.25. The van der Waals surface area contributed by atoms with Gasteiger partial charge in [0.25, 0.3) is 0 Å². The molecule has 0 radical (unpaired) electrons. The molecule has 3 heteroatoms.